The van der Waals surface area contributed by atoms with Crippen LogP contribution in [-0.2, 0) is 11.3 Å². The summed E-state index contributed by atoms with van der Waals surface area (Å²) >= 11 is 0. The molecule has 0 spiro atoms. The van der Waals surface area contributed by atoms with Crippen molar-refractivity contribution in [2.24, 2.45) is 0 Å². The van der Waals surface area contributed by atoms with Gasteiger partial charge >= 0.3 is 12.0 Å². The number of nitrogens with zero attached hydrogens (tertiary/aromatic N) is 1. The van der Waals surface area contributed by atoms with Crippen LogP contribution in [0.15, 0.2) is 47.3 Å². The Hall–Kier alpha value is -4.29. The van der Waals surface area contributed by atoms with Gasteiger partial charge in [-0.2, -0.15) is 0 Å². The van der Waals surface area contributed by atoms with Gasteiger partial charge in [-0.3, -0.25) is 9.59 Å². The van der Waals surface area contributed by atoms with Crippen LogP contribution in [0.5, 0.6) is 0 Å². The van der Waals surface area contributed by atoms with Crippen molar-refractivity contribution < 1.29 is 29.3 Å². The Morgan fingerprint density at radius 1 is 1.03 bits per heavy atom. The zero-order valence-corrected chi connectivity index (χ0v) is 19.6. The van der Waals surface area contributed by atoms with Crippen LogP contribution < -0.4 is 16.2 Å². The second-order valence-corrected chi connectivity index (χ2v) is 8.69. The summed E-state index contributed by atoms with van der Waals surface area (Å²) in [6, 6.07) is 10.7. The number of carbonyl (C=O) groups is 2. The van der Waals surface area contributed by atoms with Crippen LogP contribution in [0.4, 0.5) is 9.18 Å². The third-order valence-corrected chi connectivity index (χ3v) is 5.81. The number of halogens is 1. The summed E-state index contributed by atoms with van der Waals surface area (Å²) in [7, 11) is 0. The number of amides is 2. The summed E-state index contributed by atoms with van der Waals surface area (Å²) in [5.74, 6) is -1.32. The summed E-state index contributed by atoms with van der Waals surface area (Å²) < 4.78 is 14.2. The molecule has 2 atom stereocenters. The first-order valence-electron chi connectivity index (χ1n) is 11.6. The standard InChI is InChI=1S/C25H26FN5O6/c26-18-2-1-3-19-16(18)11-17(24(36)31-19)23-29-20-5-4-13(8-21(20)30-23)12-28-25(37)27-7-6-14(32)9-15(33)10-22(34)35/h1-5,8,11,14-15,32-33H,6-7,9-10,12H2,(H,29,30)(H,31,36)(H,34,35)(H2,27,28,37). The third kappa shape index (κ3) is 6.48. The van der Waals surface area contributed by atoms with Gasteiger partial charge in [-0.05, 0) is 48.7 Å². The van der Waals surface area contributed by atoms with Gasteiger partial charge in [-0.1, -0.05) is 12.1 Å². The molecule has 2 amide bonds. The number of hydrogen-bond donors (Lipinski definition) is 7. The van der Waals surface area contributed by atoms with Crippen LogP contribution in [0.3, 0.4) is 0 Å². The molecular formula is C25H26FN5O6. The number of fused-ring (bicyclic) bond motifs is 2. The molecule has 11 nitrogen and oxygen atoms in total. The maximum Gasteiger partial charge on any atom is 0.315 e. The lowest BCUT2D eigenvalue weighted by Gasteiger charge is -2.14. The van der Waals surface area contributed by atoms with Crippen LogP contribution in [0.1, 0.15) is 24.8 Å². The molecule has 4 aromatic rings. The molecule has 194 valence electrons. The predicted molar refractivity (Wildman–Crippen MR) is 133 cm³/mol. The van der Waals surface area contributed by atoms with Gasteiger partial charge < -0.3 is 35.9 Å². The molecule has 2 unspecified atom stereocenters. The molecule has 2 aromatic heterocycles. The van der Waals surface area contributed by atoms with Crippen LogP contribution in [0, 0.1) is 5.82 Å². The van der Waals surface area contributed by atoms with E-state index in [4.69, 9.17) is 5.11 Å². The van der Waals surface area contributed by atoms with Crippen LogP contribution in [0.25, 0.3) is 33.3 Å². The monoisotopic (exact) mass is 511 g/mol. The van der Waals surface area contributed by atoms with Crippen molar-refractivity contribution in [3.63, 3.8) is 0 Å². The van der Waals surface area contributed by atoms with Crippen LogP contribution in [0.2, 0.25) is 0 Å². The fraction of sp³-hybridized carbons (Fsp3) is 0.280. The molecule has 0 bridgehead atoms. The SMILES string of the molecule is O=C(O)CC(O)CC(O)CCNC(=O)NCc1ccc2nc(-c3cc4c(F)cccc4[nH]c3=O)[nH]c2c1. The fourth-order valence-corrected chi connectivity index (χ4v) is 3.98. The quantitative estimate of drug-likeness (QED) is 0.170. The van der Waals surface area contributed by atoms with E-state index < -0.39 is 42.0 Å². The van der Waals surface area contributed by atoms with Gasteiger partial charge in [0.15, 0.2) is 0 Å². The topological polar surface area (TPSA) is 180 Å². The van der Waals surface area contributed by atoms with Crippen molar-refractivity contribution in [2.45, 2.75) is 38.0 Å². The molecular weight excluding hydrogens is 485 g/mol. The molecule has 2 aromatic carbocycles. The van der Waals surface area contributed by atoms with E-state index >= 15 is 0 Å². The number of aromatic amines is 2. The average molecular weight is 512 g/mol. The van der Waals surface area contributed by atoms with Gasteiger partial charge in [0.25, 0.3) is 5.56 Å². The van der Waals surface area contributed by atoms with Gasteiger partial charge in [0.05, 0.1) is 40.7 Å². The predicted octanol–water partition coefficient (Wildman–Crippen LogP) is 1.99. The zero-order valence-electron chi connectivity index (χ0n) is 19.6. The Bertz CT molecular complexity index is 1500. The second-order valence-electron chi connectivity index (χ2n) is 8.69. The van der Waals surface area contributed by atoms with E-state index in [1.807, 2.05) is 0 Å². The highest BCUT2D eigenvalue weighted by Crippen LogP contribution is 2.23. The van der Waals surface area contributed by atoms with Gasteiger partial charge in [0, 0.05) is 18.5 Å². The Labute approximate surface area is 209 Å². The Morgan fingerprint density at radius 3 is 2.62 bits per heavy atom. The number of pyridine rings is 1. The maximum absolute atomic E-state index is 14.2. The van der Waals surface area contributed by atoms with Crippen molar-refractivity contribution in [3.05, 3.63) is 64.2 Å². The molecule has 0 radical (unpaired) electrons. The summed E-state index contributed by atoms with van der Waals surface area (Å²) in [6.45, 7) is 0.328. The van der Waals surface area contributed by atoms with Crippen molar-refractivity contribution >= 4 is 33.9 Å². The number of nitrogens with one attached hydrogen (secondary N) is 4. The van der Waals surface area contributed by atoms with Crippen LogP contribution in [-0.4, -0.2) is 61.0 Å². The number of H-pyrrole nitrogens is 2. The van der Waals surface area contributed by atoms with Crippen molar-refractivity contribution in [1.82, 2.24) is 25.6 Å². The number of benzene rings is 2. The van der Waals surface area contributed by atoms with Gasteiger partial charge in [-0.15, -0.1) is 0 Å². The number of aliphatic hydroxyl groups is 2. The van der Waals surface area contributed by atoms with Crippen molar-refractivity contribution in [2.75, 3.05) is 6.54 Å². The molecule has 37 heavy (non-hydrogen) atoms. The molecule has 4 rings (SSSR count). The minimum absolute atomic E-state index is 0.0954. The summed E-state index contributed by atoms with van der Waals surface area (Å²) in [4.78, 5) is 45.3. The molecule has 0 aliphatic carbocycles. The minimum atomic E-state index is -1.15. The highest BCUT2D eigenvalue weighted by atomic mass is 19.1. The van der Waals surface area contributed by atoms with Crippen LogP contribution >= 0.6 is 0 Å². The highest BCUT2D eigenvalue weighted by molar-refractivity contribution is 5.85. The molecule has 0 fully saturated rings. The lowest BCUT2D eigenvalue weighted by Crippen LogP contribution is -2.36. The average Bonchev–Trinajstić information content (AvgIpc) is 3.25. The van der Waals surface area contributed by atoms with E-state index in [2.05, 4.69) is 25.6 Å². The van der Waals surface area contributed by atoms with Gasteiger partial charge in [0.1, 0.15) is 11.6 Å². The van der Waals surface area contributed by atoms with E-state index in [1.54, 1.807) is 24.3 Å². The number of aliphatic hydroxyl groups excluding tert-OH is 2. The number of urea groups is 1. The number of carboxylic acids is 1. The third-order valence-electron chi connectivity index (χ3n) is 5.81. The first kappa shape index (κ1) is 25.8. The summed E-state index contributed by atoms with van der Waals surface area (Å²) in [6.07, 6.45) is -2.49. The normalized spacial score (nSPS) is 12.9. The number of hydrogen-bond acceptors (Lipinski definition) is 6. The van der Waals surface area contributed by atoms with E-state index in [0.29, 0.717) is 16.6 Å². The zero-order chi connectivity index (χ0) is 26.5. The largest absolute Gasteiger partial charge is 0.481 e. The van der Waals surface area contributed by atoms with E-state index in [9.17, 15) is 29.0 Å². The van der Waals surface area contributed by atoms with E-state index in [-0.39, 0.29) is 42.7 Å². The Balaban J connectivity index is 1.34. The number of carbonyl (C=O) groups excluding carboxylic acids is 1. The Morgan fingerprint density at radius 2 is 1.84 bits per heavy atom. The smallest absolute Gasteiger partial charge is 0.315 e. The highest BCUT2D eigenvalue weighted by Gasteiger charge is 2.16. The number of imidazole rings is 1. The van der Waals surface area contributed by atoms with Crippen molar-refractivity contribution in [3.8, 4) is 11.4 Å². The maximum atomic E-state index is 14.2. The molecule has 12 heteroatoms. The van der Waals surface area contributed by atoms with Gasteiger partial charge in [-0.25, -0.2) is 14.2 Å². The van der Waals surface area contributed by atoms with Crippen molar-refractivity contribution in [1.29, 1.82) is 0 Å². The molecule has 0 saturated heterocycles. The van der Waals surface area contributed by atoms with E-state index in [0.717, 1.165) is 5.56 Å². The summed E-state index contributed by atoms with van der Waals surface area (Å²) in [5, 5.41) is 33.6. The number of carboxylic acid groups (broad SMARTS) is 1. The number of rotatable bonds is 10. The second kappa shape index (κ2) is 11.2. The minimum Gasteiger partial charge on any atom is -0.481 e. The lowest BCUT2D eigenvalue weighted by atomic mass is 10.1. The number of aliphatic carboxylic acids is 1. The first-order chi connectivity index (χ1) is 17.7. The fourth-order valence-electron chi connectivity index (χ4n) is 3.98. The molecule has 0 aliphatic rings. The molecule has 0 saturated carbocycles. The molecule has 0 aliphatic heterocycles. The molecule has 2 heterocycles. The molecule has 7 N–H and O–H groups in total. The first-order valence-corrected chi connectivity index (χ1v) is 11.6. The number of aromatic nitrogens is 3. The van der Waals surface area contributed by atoms with E-state index in [1.165, 1.54) is 18.2 Å². The summed E-state index contributed by atoms with van der Waals surface area (Å²) in [5.41, 5.74) is 2.17. The Kier molecular flexibility index (Phi) is 7.80. The lowest BCUT2D eigenvalue weighted by molar-refractivity contribution is -0.139. The van der Waals surface area contributed by atoms with Gasteiger partial charge in [0.2, 0.25) is 0 Å².